The Kier molecular flexibility index (Phi) is 4.28. The normalized spacial score (nSPS) is 26.2. The van der Waals surface area contributed by atoms with E-state index in [4.69, 9.17) is 0 Å². The van der Waals surface area contributed by atoms with Crippen LogP contribution in [0.2, 0.25) is 0 Å². The summed E-state index contributed by atoms with van der Waals surface area (Å²) < 4.78 is 0.756. The average molecular weight is 354 g/mol. The molecule has 5 nitrogen and oxygen atoms in total. The van der Waals surface area contributed by atoms with Gasteiger partial charge in [0.05, 0.1) is 4.92 Å². The van der Waals surface area contributed by atoms with Crippen LogP contribution in [-0.2, 0) is 0 Å². The highest BCUT2D eigenvalue weighted by Crippen LogP contribution is 2.41. The van der Waals surface area contributed by atoms with E-state index in [1.807, 2.05) is 12.1 Å². The molecule has 2 atom stereocenters. The Morgan fingerprint density at radius 1 is 1.43 bits per heavy atom. The third kappa shape index (κ3) is 3.27. The quantitative estimate of drug-likeness (QED) is 0.652. The van der Waals surface area contributed by atoms with Gasteiger partial charge in [-0.3, -0.25) is 15.0 Å². The van der Waals surface area contributed by atoms with Gasteiger partial charge in [0.25, 0.3) is 5.69 Å². The van der Waals surface area contributed by atoms with Crippen LogP contribution in [-0.4, -0.2) is 36.0 Å². The van der Waals surface area contributed by atoms with Crippen LogP contribution in [0, 0.1) is 16.0 Å². The summed E-state index contributed by atoms with van der Waals surface area (Å²) >= 11 is 3.33. The zero-order valence-corrected chi connectivity index (χ0v) is 13.7. The summed E-state index contributed by atoms with van der Waals surface area (Å²) in [7, 11) is 2.06. The van der Waals surface area contributed by atoms with E-state index in [9.17, 15) is 10.1 Å². The van der Waals surface area contributed by atoms with Gasteiger partial charge < -0.3 is 5.32 Å². The van der Waals surface area contributed by atoms with Crippen molar-refractivity contribution in [2.24, 2.45) is 5.92 Å². The van der Waals surface area contributed by atoms with E-state index in [1.165, 1.54) is 12.8 Å². The van der Waals surface area contributed by atoms with Gasteiger partial charge in [-0.15, -0.1) is 0 Å². The van der Waals surface area contributed by atoms with Gasteiger partial charge in [0.2, 0.25) is 0 Å². The number of benzene rings is 1. The summed E-state index contributed by atoms with van der Waals surface area (Å²) in [6.45, 7) is 1.95. The first-order valence-electron chi connectivity index (χ1n) is 7.43. The maximum Gasteiger partial charge on any atom is 0.275 e. The van der Waals surface area contributed by atoms with Crippen molar-refractivity contribution in [1.29, 1.82) is 0 Å². The van der Waals surface area contributed by atoms with E-state index in [1.54, 1.807) is 6.07 Å². The molecule has 1 aliphatic heterocycles. The molecule has 0 spiro atoms. The van der Waals surface area contributed by atoms with Gasteiger partial charge in [-0.2, -0.15) is 0 Å². The molecule has 114 valence electrons. The Balaban J connectivity index is 1.86. The molecular weight excluding hydrogens is 334 g/mol. The SMILES string of the molecule is CN1CCC(CNC2CC2)C1c1ccc(Br)cc1[N+](=O)[O-]. The molecule has 2 unspecified atom stereocenters. The molecule has 0 amide bonds. The summed E-state index contributed by atoms with van der Waals surface area (Å²) in [6, 6.07) is 6.23. The molecule has 0 bridgehead atoms. The highest BCUT2D eigenvalue weighted by Gasteiger charge is 2.37. The molecule has 1 aliphatic carbocycles. The molecule has 21 heavy (non-hydrogen) atoms. The van der Waals surface area contributed by atoms with Crippen molar-refractivity contribution in [3.63, 3.8) is 0 Å². The lowest BCUT2D eigenvalue weighted by Gasteiger charge is -2.25. The van der Waals surface area contributed by atoms with Crippen LogP contribution in [0.1, 0.15) is 30.9 Å². The van der Waals surface area contributed by atoms with Gasteiger partial charge in [-0.1, -0.05) is 15.9 Å². The number of nitrogens with zero attached hydrogens (tertiary/aromatic N) is 2. The van der Waals surface area contributed by atoms with Gasteiger partial charge in [0.15, 0.2) is 0 Å². The monoisotopic (exact) mass is 353 g/mol. The van der Waals surface area contributed by atoms with Crippen molar-refractivity contribution in [2.45, 2.75) is 31.3 Å². The first-order valence-corrected chi connectivity index (χ1v) is 8.23. The lowest BCUT2D eigenvalue weighted by Crippen LogP contribution is -2.30. The fraction of sp³-hybridized carbons (Fsp3) is 0.600. The Bertz CT molecular complexity index is 548. The van der Waals surface area contributed by atoms with Crippen molar-refractivity contribution < 1.29 is 4.92 Å². The molecule has 2 aliphatic rings. The fourth-order valence-corrected chi connectivity index (χ4v) is 3.61. The summed E-state index contributed by atoms with van der Waals surface area (Å²) in [5.41, 5.74) is 1.06. The van der Waals surface area contributed by atoms with E-state index in [-0.39, 0.29) is 16.7 Å². The number of nitro benzene ring substituents is 1. The number of nitrogens with one attached hydrogen (secondary N) is 1. The molecule has 1 aromatic carbocycles. The van der Waals surface area contributed by atoms with Crippen LogP contribution in [0.3, 0.4) is 0 Å². The lowest BCUT2D eigenvalue weighted by atomic mass is 9.92. The number of likely N-dealkylation sites (tertiary alicyclic amines) is 1. The van der Waals surface area contributed by atoms with Crippen LogP contribution >= 0.6 is 15.9 Å². The van der Waals surface area contributed by atoms with Crippen LogP contribution in [0.15, 0.2) is 22.7 Å². The predicted octanol–water partition coefficient (Wildman–Crippen LogP) is 3.10. The number of halogens is 1. The summed E-state index contributed by atoms with van der Waals surface area (Å²) in [6.07, 6.45) is 3.63. The molecule has 1 aromatic rings. The highest BCUT2D eigenvalue weighted by molar-refractivity contribution is 9.10. The van der Waals surface area contributed by atoms with Gasteiger partial charge in [0.1, 0.15) is 0 Å². The topological polar surface area (TPSA) is 58.4 Å². The van der Waals surface area contributed by atoms with Crippen LogP contribution in [0.25, 0.3) is 0 Å². The molecule has 1 heterocycles. The Hall–Kier alpha value is -0.980. The molecule has 0 radical (unpaired) electrons. The van der Waals surface area contributed by atoms with Crippen molar-refractivity contribution in [1.82, 2.24) is 10.2 Å². The first kappa shape index (κ1) is 14.9. The van der Waals surface area contributed by atoms with Gasteiger partial charge in [-0.05, 0) is 50.9 Å². The number of nitro groups is 1. The van der Waals surface area contributed by atoms with Crippen molar-refractivity contribution >= 4 is 21.6 Å². The predicted molar refractivity (Wildman–Crippen MR) is 85.3 cm³/mol. The van der Waals surface area contributed by atoms with E-state index in [0.29, 0.717) is 12.0 Å². The van der Waals surface area contributed by atoms with E-state index in [2.05, 4.69) is 33.2 Å². The van der Waals surface area contributed by atoms with E-state index in [0.717, 1.165) is 29.5 Å². The van der Waals surface area contributed by atoms with Gasteiger partial charge in [0, 0.05) is 34.7 Å². The van der Waals surface area contributed by atoms with E-state index >= 15 is 0 Å². The summed E-state index contributed by atoms with van der Waals surface area (Å²) in [5.74, 6) is 0.440. The van der Waals surface area contributed by atoms with Crippen molar-refractivity contribution in [3.8, 4) is 0 Å². The minimum atomic E-state index is -0.266. The second-order valence-electron chi connectivity index (χ2n) is 6.12. The Labute approximate surface area is 133 Å². The third-order valence-electron chi connectivity index (χ3n) is 4.53. The molecule has 1 saturated carbocycles. The molecule has 6 heteroatoms. The zero-order chi connectivity index (χ0) is 15.0. The molecule has 1 saturated heterocycles. The number of hydrogen-bond acceptors (Lipinski definition) is 4. The summed E-state index contributed by atoms with van der Waals surface area (Å²) in [4.78, 5) is 13.3. The number of rotatable bonds is 5. The number of hydrogen-bond donors (Lipinski definition) is 1. The van der Waals surface area contributed by atoms with Crippen LogP contribution in [0.5, 0.6) is 0 Å². The minimum absolute atomic E-state index is 0.129. The fourth-order valence-electron chi connectivity index (χ4n) is 3.26. The second kappa shape index (κ2) is 6.02. The molecule has 0 aromatic heterocycles. The van der Waals surface area contributed by atoms with Crippen molar-refractivity contribution in [3.05, 3.63) is 38.3 Å². The van der Waals surface area contributed by atoms with Crippen LogP contribution < -0.4 is 5.32 Å². The maximum atomic E-state index is 11.4. The van der Waals surface area contributed by atoms with E-state index < -0.39 is 0 Å². The molecule has 2 fully saturated rings. The lowest BCUT2D eigenvalue weighted by molar-refractivity contribution is -0.386. The smallest absolute Gasteiger partial charge is 0.275 e. The summed E-state index contributed by atoms with van der Waals surface area (Å²) in [5, 5.41) is 14.9. The minimum Gasteiger partial charge on any atom is -0.314 e. The standard InChI is InChI=1S/C15H20BrN3O2/c1-18-7-6-10(9-17-12-3-4-12)15(18)13-5-2-11(16)8-14(13)19(20)21/h2,5,8,10,12,15,17H,3-4,6-7,9H2,1H3. The van der Waals surface area contributed by atoms with Crippen LogP contribution in [0.4, 0.5) is 5.69 Å². The molecule has 1 N–H and O–H groups in total. The first-order chi connectivity index (χ1) is 10.1. The molecule has 3 rings (SSSR count). The second-order valence-corrected chi connectivity index (χ2v) is 7.03. The maximum absolute atomic E-state index is 11.4. The van der Waals surface area contributed by atoms with Gasteiger partial charge >= 0.3 is 0 Å². The van der Waals surface area contributed by atoms with Crippen molar-refractivity contribution in [2.75, 3.05) is 20.1 Å². The largest absolute Gasteiger partial charge is 0.314 e. The highest BCUT2D eigenvalue weighted by atomic mass is 79.9. The third-order valence-corrected chi connectivity index (χ3v) is 5.02. The zero-order valence-electron chi connectivity index (χ0n) is 12.1. The Morgan fingerprint density at radius 2 is 2.19 bits per heavy atom. The average Bonchev–Trinajstić information content (AvgIpc) is 3.20. The molecular formula is C15H20BrN3O2. The van der Waals surface area contributed by atoms with Gasteiger partial charge in [-0.25, -0.2) is 0 Å². The Morgan fingerprint density at radius 3 is 2.86 bits per heavy atom.